The molecule has 7 atom stereocenters. The van der Waals surface area contributed by atoms with Crippen molar-refractivity contribution in [1.29, 1.82) is 0 Å². The molecule has 1 heterocycles. The van der Waals surface area contributed by atoms with Crippen molar-refractivity contribution in [1.82, 2.24) is 5.32 Å². The molecule has 4 aliphatic carbocycles. The van der Waals surface area contributed by atoms with Crippen LogP contribution in [0, 0.1) is 47.1 Å². The van der Waals surface area contributed by atoms with Gasteiger partial charge in [-0.2, -0.15) is 13.2 Å². The number of hydrogen-bond acceptors (Lipinski definition) is 6. The van der Waals surface area contributed by atoms with Gasteiger partial charge in [-0.3, -0.25) is 9.59 Å². The molecule has 5 aliphatic rings. The number of nitrogens with one attached hydrogen (secondary N) is 2. The number of halogens is 5. The highest BCUT2D eigenvalue weighted by Gasteiger charge is 2.55. The SMILES string of the molecule is COc1ccc(-c2cc(C3=NOC4CC(CO)CC34)ccc2F)cc1C(=O)N[C@@H]1C2CCC(/C2=C/C2CCCC2)[C@@H]1C(=O)Nc1ccc(F)c(C(F)(F)F)c1. The number of amides is 2. The predicted octanol–water partition coefficient (Wildman–Crippen LogP) is 8.29. The lowest BCUT2D eigenvalue weighted by atomic mass is 9.83. The van der Waals surface area contributed by atoms with Crippen molar-refractivity contribution in [3.05, 3.63) is 94.6 Å². The van der Waals surface area contributed by atoms with Crippen LogP contribution in [0.3, 0.4) is 0 Å². The monoisotopic (exact) mass is 763 g/mol. The van der Waals surface area contributed by atoms with Crippen molar-refractivity contribution in [2.75, 3.05) is 19.0 Å². The number of aliphatic hydroxyl groups excluding tert-OH is 1. The smallest absolute Gasteiger partial charge is 0.419 e. The van der Waals surface area contributed by atoms with Crippen molar-refractivity contribution in [3.63, 3.8) is 0 Å². The second-order valence-electron chi connectivity index (χ2n) is 15.6. The third-order valence-corrected chi connectivity index (χ3v) is 12.4. The van der Waals surface area contributed by atoms with E-state index in [1.165, 1.54) is 19.2 Å². The molecule has 0 saturated heterocycles. The van der Waals surface area contributed by atoms with Crippen molar-refractivity contribution in [2.45, 2.75) is 69.7 Å². The van der Waals surface area contributed by atoms with Crippen LogP contribution >= 0.6 is 0 Å². The molecular weight excluding hydrogens is 721 g/mol. The first-order valence-electron chi connectivity index (χ1n) is 19.0. The highest BCUT2D eigenvalue weighted by Crippen LogP contribution is 2.54. The predicted molar refractivity (Wildman–Crippen MR) is 194 cm³/mol. The molecule has 3 aromatic rings. The molecule has 55 heavy (non-hydrogen) atoms. The minimum atomic E-state index is -4.95. The first kappa shape index (κ1) is 37.2. The number of allylic oxidation sites excluding steroid dienone is 1. The number of alkyl halides is 3. The van der Waals surface area contributed by atoms with E-state index in [-0.39, 0.29) is 58.9 Å². The van der Waals surface area contributed by atoms with Crippen LogP contribution in [0.1, 0.15) is 72.9 Å². The number of methoxy groups -OCH3 is 1. The summed E-state index contributed by atoms with van der Waals surface area (Å²) in [5, 5.41) is 19.7. The molecule has 2 amide bonds. The van der Waals surface area contributed by atoms with Crippen LogP contribution in [0.4, 0.5) is 27.6 Å². The van der Waals surface area contributed by atoms with Gasteiger partial charge in [0.1, 0.15) is 23.5 Å². The Hall–Kier alpha value is -4.78. The molecular formula is C42H42F5N3O5. The van der Waals surface area contributed by atoms with Crippen LogP contribution in [0.5, 0.6) is 5.75 Å². The molecule has 3 N–H and O–H groups in total. The Balaban J connectivity index is 1.09. The van der Waals surface area contributed by atoms with Gasteiger partial charge in [0.05, 0.1) is 29.9 Å². The minimum absolute atomic E-state index is 0.0260. The first-order valence-corrected chi connectivity index (χ1v) is 19.0. The van der Waals surface area contributed by atoms with E-state index in [2.05, 4.69) is 21.9 Å². The van der Waals surface area contributed by atoms with E-state index < -0.39 is 47.1 Å². The lowest BCUT2D eigenvalue weighted by Gasteiger charge is -2.30. The van der Waals surface area contributed by atoms with Gasteiger partial charge >= 0.3 is 6.18 Å². The van der Waals surface area contributed by atoms with Crippen LogP contribution in [0.15, 0.2) is 71.4 Å². The first-order chi connectivity index (χ1) is 26.4. The number of carbonyl (C=O) groups is 2. The highest BCUT2D eigenvalue weighted by atomic mass is 19.4. The lowest BCUT2D eigenvalue weighted by Crippen LogP contribution is -2.48. The minimum Gasteiger partial charge on any atom is -0.496 e. The van der Waals surface area contributed by atoms with E-state index in [1.54, 1.807) is 24.3 Å². The summed E-state index contributed by atoms with van der Waals surface area (Å²) in [6.45, 7) is 0.0534. The van der Waals surface area contributed by atoms with Gasteiger partial charge in [-0.25, -0.2) is 8.78 Å². The van der Waals surface area contributed by atoms with Gasteiger partial charge in [-0.15, -0.1) is 0 Å². The Morgan fingerprint density at radius 1 is 0.927 bits per heavy atom. The average molecular weight is 764 g/mol. The molecule has 4 fully saturated rings. The molecule has 5 unspecified atom stereocenters. The van der Waals surface area contributed by atoms with Gasteiger partial charge in [0, 0.05) is 41.3 Å². The van der Waals surface area contributed by atoms with E-state index >= 15 is 4.39 Å². The van der Waals surface area contributed by atoms with Gasteiger partial charge in [-0.1, -0.05) is 41.8 Å². The van der Waals surface area contributed by atoms with Crippen LogP contribution in [-0.4, -0.2) is 48.5 Å². The lowest BCUT2D eigenvalue weighted by molar-refractivity contribution is -0.140. The second-order valence-corrected chi connectivity index (χ2v) is 15.6. The summed E-state index contributed by atoms with van der Waals surface area (Å²) in [5.74, 6) is -3.65. The molecule has 1 aliphatic heterocycles. The van der Waals surface area contributed by atoms with Crippen molar-refractivity contribution in [3.8, 4) is 16.9 Å². The fraction of sp³-hybridized carbons (Fsp3) is 0.452. The Labute approximate surface area is 315 Å². The maximum absolute atomic E-state index is 15.5. The average Bonchev–Trinajstić information content (AvgIpc) is 4.01. The zero-order valence-electron chi connectivity index (χ0n) is 30.2. The summed E-state index contributed by atoms with van der Waals surface area (Å²) in [6.07, 6.45) is 4.20. The second kappa shape index (κ2) is 14.7. The zero-order chi connectivity index (χ0) is 38.6. The number of nitrogens with zero attached hydrogens (tertiary/aromatic N) is 1. The third kappa shape index (κ3) is 7.00. The fourth-order valence-electron chi connectivity index (χ4n) is 9.77. The summed E-state index contributed by atoms with van der Waals surface area (Å²) in [5.41, 5.74) is 1.51. The maximum Gasteiger partial charge on any atom is 0.419 e. The summed E-state index contributed by atoms with van der Waals surface area (Å²) < 4.78 is 75.8. The number of fused-ring (bicyclic) bond motifs is 3. The van der Waals surface area contributed by atoms with Crippen molar-refractivity contribution < 1.29 is 46.2 Å². The number of anilines is 1. The number of benzene rings is 3. The molecule has 13 heteroatoms. The van der Waals surface area contributed by atoms with E-state index in [0.29, 0.717) is 54.2 Å². The number of rotatable bonds is 9. The van der Waals surface area contributed by atoms with Gasteiger partial charge < -0.3 is 25.3 Å². The van der Waals surface area contributed by atoms with Crippen LogP contribution in [-0.2, 0) is 15.8 Å². The Morgan fingerprint density at radius 2 is 1.67 bits per heavy atom. The highest BCUT2D eigenvalue weighted by molar-refractivity contribution is 6.04. The van der Waals surface area contributed by atoms with Crippen molar-refractivity contribution in [2.24, 2.45) is 40.7 Å². The quantitative estimate of drug-likeness (QED) is 0.150. The summed E-state index contributed by atoms with van der Waals surface area (Å²) in [7, 11) is 1.41. The molecule has 0 radical (unpaired) electrons. The molecule has 290 valence electrons. The molecule has 3 aromatic carbocycles. The summed E-state index contributed by atoms with van der Waals surface area (Å²) in [6, 6.07) is 11.1. The maximum atomic E-state index is 15.5. The zero-order valence-corrected chi connectivity index (χ0v) is 30.2. The van der Waals surface area contributed by atoms with E-state index in [0.717, 1.165) is 43.7 Å². The number of oxime groups is 1. The van der Waals surface area contributed by atoms with Crippen molar-refractivity contribution >= 4 is 23.2 Å². The van der Waals surface area contributed by atoms with E-state index in [1.807, 2.05) is 0 Å². The molecule has 8 rings (SSSR count). The van der Waals surface area contributed by atoms with E-state index in [9.17, 15) is 32.3 Å². The summed E-state index contributed by atoms with van der Waals surface area (Å²) >= 11 is 0. The standard InChI is InChI=1S/C42H42F5N3O5/c1-54-35-13-7-23(28-18-24(6-11-33(28)43)38-30-15-22(20-51)16-36(30)55-50-38)17-31(35)40(52)49-39-27-10-9-26(29(27)14-21-4-2-3-5-21)37(39)41(53)48-25-8-12-34(44)32(19-25)42(45,46)47/h6-8,11-14,17-19,21-22,26-27,30,36-37,39,51H,2-5,9-10,15-16,20H2,1H3,(H,48,53)(H,49,52)/b29-14-/t22?,26?,27?,30?,36?,37-,39+/m0/s1. The van der Waals surface area contributed by atoms with Crippen LogP contribution in [0.2, 0.25) is 0 Å². The Kier molecular flexibility index (Phi) is 9.93. The normalized spacial score (nSPS) is 27.9. The molecule has 2 bridgehead atoms. The Morgan fingerprint density at radius 3 is 2.42 bits per heavy atom. The Bertz CT molecular complexity index is 2060. The third-order valence-electron chi connectivity index (χ3n) is 12.4. The van der Waals surface area contributed by atoms with Gasteiger partial charge in [0.2, 0.25) is 5.91 Å². The number of carbonyl (C=O) groups excluding carboxylic acids is 2. The van der Waals surface area contributed by atoms with Gasteiger partial charge in [0.15, 0.2) is 0 Å². The molecule has 0 aromatic heterocycles. The molecule has 0 spiro atoms. The molecule has 8 nitrogen and oxygen atoms in total. The molecule has 4 saturated carbocycles. The number of aliphatic hydroxyl groups is 1. The van der Waals surface area contributed by atoms with E-state index in [4.69, 9.17) is 9.57 Å². The van der Waals surface area contributed by atoms with Crippen LogP contribution < -0.4 is 15.4 Å². The van der Waals surface area contributed by atoms with Gasteiger partial charge in [-0.05, 0) is 104 Å². The fourth-order valence-corrected chi connectivity index (χ4v) is 9.77. The largest absolute Gasteiger partial charge is 0.496 e. The topological polar surface area (TPSA) is 109 Å². The summed E-state index contributed by atoms with van der Waals surface area (Å²) in [4.78, 5) is 34.0. The number of ether oxygens (including phenoxy) is 1. The number of hydrogen-bond donors (Lipinski definition) is 3. The van der Waals surface area contributed by atoms with Crippen LogP contribution in [0.25, 0.3) is 11.1 Å². The van der Waals surface area contributed by atoms with Gasteiger partial charge in [0.25, 0.3) is 5.91 Å².